The van der Waals surface area contributed by atoms with Crippen molar-refractivity contribution in [2.45, 2.75) is 33.7 Å². The summed E-state index contributed by atoms with van der Waals surface area (Å²) in [6.45, 7) is 6.38. The SMILES string of the molecule is C#Cc1ccc2c(c1)C(=O)N(C)Cc1c(C(=O)CC(C)(C)C)ncn1-2. The Balaban J connectivity index is 2.15. The van der Waals surface area contributed by atoms with Crippen molar-refractivity contribution in [3.63, 3.8) is 0 Å². The molecular weight excluding hydrogens is 314 g/mol. The molecule has 0 atom stereocenters. The third-order valence-corrected chi connectivity index (χ3v) is 4.21. The number of aromatic nitrogens is 2. The smallest absolute Gasteiger partial charge is 0.256 e. The molecule has 1 aromatic carbocycles. The summed E-state index contributed by atoms with van der Waals surface area (Å²) >= 11 is 0. The predicted octanol–water partition coefficient (Wildman–Crippen LogP) is 3.06. The Morgan fingerprint density at radius 3 is 2.72 bits per heavy atom. The molecule has 25 heavy (non-hydrogen) atoms. The molecule has 2 aromatic rings. The minimum absolute atomic E-state index is 0.00852. The number of Topliss-reactive ketones (excluding diaryl/α,β-unsaturated/α-hetero) is 1. The number of terminal acetylenes is 1. The van der Waals surface area contributed by atoms with Gasteiger partial charge in [-0.1, -0.05) is 26.7 Å². The molecule has 0 spiro atoms. The van der Waals surface area contributed by atoms with Gasteiger partial charge >= 0.3 is 0 Å². The Morgan fingerprint density at radius 1 is 1.36 bits per heavy atom. The molecule has 5 nitrogen and oxygen atoms in total. The van der Waals surface area contributed by atoms with Gasteiger partial charge in [-0.2, -0.15) is 0 Å². The largest absolute Gasteiger partial charge is 0.336 e. The van der Waals surface area contributed by atoms with E-state index in [4.69, 9.17) is 6.42 Å². The van der Waals surface area contributed by atoms with Gasteiger partial charge in [0.2, 0.25) is 0 Å². The van der Waals surface area contributed by atoms with Gasteiger partial charge in [0.05, 0.1) is 23.5 Å². The number of carbonyl (C=O) groups excluding carboxylic acids is 2. The summed E-state index contributed by atoms with van der Waals surface area (Å²) in [4.78, 5) is 31.4. The van der Waals surface area contributed by atoms with Gasteiger partial charge < -0.3 is 4.90 Å². The first kappa shape index (κ1) is 17.0. The van der Waals surface area contributed by atoms with Crippen LogP contribution in [-0.2, 0) is 6.54 Å². The lowest BCUT2D eigenvalue weighted by Gasteiger charge is -2.17. The molecule has 1 amide bonds. The van der Waals surface area contributed by atoms with Gasteiger partial charge in [0.15, 0.2) is 5.78 Å². The highest BCUT2D eigenvalue weighted by Gasteiger charge is 2.29. The van der Waals surface area contributed by atoms with Crippen molar-refractivity contribution < 1.29 is 9.59 Å². The Kier molecular flexibility index (Phi) is 4.00. The van der Waals surface area contributed by atoms with Crippen LogP contribution in [-0.4, -0.2) is 33.2 Å². The maximum Gasteiger partial charge on any atom is 0.256 e. The molecule has 0 aliphatic carbocycles. The van der Waals surface area contributed by atoms with Gasteiger partial charge in [0.1, 0.15) is 12.0 Å². The molecule has 0 unspecified atom stereocenters. The molecule has 1 aromatic heterocycles. The lowest BCUT2D eigenvalue weighted by atomic mass is 9.89. The van der Waals surface area contributed by atoms with Crippen LogP contribution in [0.3, 0.4) is 0 Å². The minimum atomic E-state index is -0.125. The van der Waals surface area contributed by atoms with Crippen molar-refractivity contribution in [1.82, 2.24) is 14.5 Å². The number of hydrogen-bond donors (Lipinski definition) is 0. The van der Waals surface area contributed by atoms with Crippen molar-refractivity contribution in [2.24, 2.45) is 5.41 Å². The Morgan fingerprint density at radius 2 is 2.08 bits per heavy atom. The third-order valence-electron chi connectivity index (χ3n) is 4.21. The number of nitrogens with zero attached hydrogens (tertiary/aromatic N) is 3. The second kappa shape index (κ2) is 5.89. The van der Waals surface area contributed by atoms with E-state index in [1.807, 2.05) is 31.4 Å². The van der Waals surface area contributed by atoms with Gasteiger partial charge in [-0.05, 0) is 23.6 Å². The van der Waals surface area contributed by atoms with Crippen LogP contribution in [0.25, 0.3) is 5.69 Å². The molecule has 0 bridgehead atoms. The molecule has 0 N–H and O–H groups in total. The average Bonchev–Trinajstić information content (AvgIpc) is 2.91. The molecule has 5 heteroatoms. The number of benzene rings is 1. The highest BCUT2D eigenvalue weighted by atomic mass is 16.2. The van der Waals surface area contributed by atoms with Gasteiger partial charge in [-0.25, -0.2) is 4.98 Å². The van der Waals surface area contributed by atoms with Crippen molar-refractivity contribution in [1.29, 1.82) is 0 Å². The topological polar surface area (TPSA) is 55.2 Å². The van der Waals surface area contributed by atoms with Gasteiger partial charge in [0.25, 0.3) is 5.91 Å². The fourth-order valence-electron chi connectivity index (χ4n) is 3.04. The van der Waals surface area contributed by atoms with E-state index in [9.17, 15) is 9.59 Å². The molecule has 0 radical (unpaired) electrons. The van der Waals surface area contributed by atoms with Gasteiger partial charge in [-0.15, -0.1) is 6.42 Å². The predicted molar refractivity (Wildman–Crippen MR) is 95.7 cm³/mol. The van der Waals surface area contributed by atoms with E-state index >= 15 is 0 Å². The first-order valence-corrected chi connectivity index (χ1v) is 8.17. The molecule has 0 fully saturated rings. The number of fused-ring (bicyclic) bond motifs is 3. The quantitative estimate of drug-likeness (QED) is 0.626. The van der Waals surface area contributed by atoms with Crippen LogP contribution in [0.5, 0.6) is 0 Å². The lowest BCUT2D eigenvalue weighted by Crippen LogP contribution is -2.26. The number of hydrogen-bond acceptors (Lipinski definition) is 3. The molecule has 1 aliphatic rings. The first-order chi connectivity index (χ1) is 11.7. The molecule has 2 heterocycles. The molecule has 1 aliphatic heterocycles. The van der Waals surface area contributed by atoms with Crippen LogP contribution in [0.15, 0.2) is 24.5 Å². The molecule has 128 valence electrons. The van der Waals surface area contributed by atoms with Gasteiger partial charge in [-0.3, -0.25) is 14.2 Å². The molecular formula is C20H21N3O2. The average molecular weight is 335 g/mol. The monoisotopic (exact) mass is 335 g/mol. The van der Waals surface area contributed by atoms with E-state index in [0.717, 1.165) is 5.69 Å². The van der Waals surface area contributed by atoms with Crippen LogP contribution in [0, 0.1) is 17.8 Å². The Hall–Kier alpha value is -2.87. The maximum atomic E-state index is 12.7. The summed E-state index contributed by atoms with van der Waals surface area (Å²) in [6, 6.07) is 5.31. The molecule has 0 saturated carbocycles. The first-order valence-electron chi connectivity index (χ1n) is 8.17. The third kappa shape index (κ3) is 3.08. The second-order valence-corrected chi connectivity index (χ2v) is 7.61. The fourth-order valence-corrected chi connectivity index (χ4v) is 3.04. The highest BCUT2D eigenvalue weighted by Crippen LogP contribution is 2.28. The number of ketones is 1. The summed E-state index contributed by atoms with van der Waals surface area (Å²) in [7, 11) is 1.72. The van der Waals surface area contributed by atoms with Crippen LogP contribution in [0.4, 0.5) is 0 Å². The normalized spacial score (nSPS) is 13.7. The summed E-state index contributed by atoms with van der Waals surface area (Å²) < 4.78 is 1.83. The van der Waals surface area contributed by atoms with E-state index in [2.05, 4.69) is 10.9 Å². The Labute approximate surface area is 147 Å². The lowest BCUT2D eigenvalue weighted by molar-refractivity contribution is 0.0784. The highest BCUT2D eigenvalue weighted by molar-refractivity contribution is 6.00. The van der Waals surface area contributed by atoms with E-state index in [0.29, 0.717) is 35.5 Å². The van der Waals surface area contributed by atoms with Crippen LogP contribution in [0.1, 0.15) is 59.3 Å². The van der Waals surface area contributed by atoms with E-state index < -0.39 is 0 Å². The summed E-state index contributed by atoms with van der Waals surface area (Å²) in [5.74, 6) is 2.43. The van der Waals surface area contributed by atoms with Crippen LogP contribution < -0.4 is 0 Å². The van der Waals surface area contributed by atoms with E-state index in [-0.39, 0.29) is 17.1 Å². The van der Waals surface area contributed by atoms with Crippen molar-refractivity contribution in [3.05, 3.63) is 47.0 Å². The molecule has 0 saturated heterocycles. The maximum absolute atomic E-state index is 12.7. The minimum Gasteiger partial charge on any atom is -0.336 e. The number of carbonyl (C=O) groups is 2. The number of rotatable bonds is 2. The summed E-state index contributed by atoms with van der Waals surface area (Å²) in [5, 5.41) is 0. The zero-order chi connectivity index (χ0) is 18.4. The number of imidazole rings is 1. The zero-order valence-corrected chi connectivity index (χ0v) is 15.0. The van der Waals surface area contributed by atoms with Crippen molar-refractivity contribution in [2.75, 3.05) is 7.05 Å². The molecule has 3 rings (SSSR count). The summed E-state index contributed by atoms with van der Waals surface area (Å²) in [5.41, 5.74) is 2.91. The van der Waals surface area contributed by atoms with Gasteiger partial charge in [0, 0.05) is 19.0 Å². The fraction of sp³-hybridized carbons (Fsp3) is 0.350. The second-order valence-electron chi connectivity index (χ2n) is 7.61. The van der Waals surface area contributed by atoms with Crippen molar-refractivity contribution >= 4 is 11.7 Å². The standard InChI is InChI=1S/C20H21N3O2/c1-6-13-7-8-15-14(9-13)19(25)22(5)11-16-18(21-12-23(15)16)17(24)10-20(2,3)4/h1,7-9,12H,10-11H2,2-5H3. The Bertz CT molecular complexity index is 910. The number of amides is 1. The zero-order valence-electron chi connectivity index (χ0n) is 15.0. The van der Waals surface area contributed by atoms with Crippen molar-refractivity contribution in [3.8, 4) is 18.0 Å². The summed E-state index contributed by atoms with van der Waals surface area (Å²) in [6.07, 6.45) is 7.48. The van der Waals surface area contributed by atoms with Crippen LogP contribution in [0.2, 0.25) is 0 Å². The van der Waals surface area contributed by atoms with Crippen LogP contribution >= 0.6 is 0 Å². The van der Waals surface area contributed by atoms with E-state index in [1.54, 1.807) is 30.4 Å². The van der Waals surface area contributed by atoms with E-state index in [1.165, 1.54) is 0 Å².